The van der Waals surface area contributed by atoms with Crippen molar-refractivity contribution in [2.45, 2.75) is 31.4 Å². The third-order valence-electron chi connectivity index (χ3n) is 4.85. The van der Waals surface area contributed by atoms with E-state index in [1.807, 2.05) is 24.3 Å². The third kappa shape index (κ3) is 3.57. The minimum atomic E-state index is -0.411. The highest BCUT2D eigenvalue weighted by atomic mass is 16.5. The Morgan fingerprint density at radius 3 is 2.76 bits per heavy atom. The molecule has 2 aliphatic rings. The standard InChI is InChI=1S/C17H26N2O2/c1-21-16-7-5-14(6-8-16)17(20)13-18-10-11-19-9-3-2-4-15(19)12-18/h5-8,15,17,20H,2-4,9-13H2,1H3. The van der Waals surface area contributed by atoms with Gasteiger partial charge < -0.3 is 9.84 Å². The van der Waals surface area contributed by atoms with Crippen LogP contribution in [0.25, 0.3) is 0 Å². The molecule has 0 aromatic heterocycles. The van der Waals surface area contributed by atoms with Crippen molar-refractivity contribution in [3.05, 3.63) is 29.8 Å². The normalized spacial score (nSPS) is 25.3. The van der Waals surface area contributed by atoms with Crippen molar-refractivity contribution < 1.29 is 9.84 Å². The van der Waals surface area contributed by atoms with Crippen molar-refractivity contribution in [1.82, 2.24) is 9.80 Å². The van der Waals surface area contributed by atoms with Gasteiger partial charge in [0.2, 0.25) is 0 Å². The van der Waals surface area contributed by atoms with Gasteiger partial charge in [0.25, 0.3) is 0 Å². The molecule has 0 amide bonds. The monoisotopic (exact) mass is 290 g/mol. The van der Waals surface area contributed by atoms with Gasteiger partial charge in [0.15, 0.2) is 0 Å². The molecule has 2 atom stereocenters. The van der Waals surface area contributed by atoms with E-state index in [0.29, 0.717) is 6.04 Å². The number of piperazine rings is 1. The molecule has 2 aliphatic heterocycles. The fourth-order valence-electron chi connectivity index (χ4n) is 3.56. The fraction of sp³-hybridized carbons (Fsp3) is 0.647. The summed E-state index contributed by atoms with van der Waals surface area (Å²) in [7, 11) is 1.66. The lowest BCUT2D eigenvalue weighted by Crippen LogP contribution is -2.55. The average Bonchev–Trinajstić information content (AvgIpc) is 2.55. The van der Waals surface area contributed by atoms with Gasteiger partial charge in [-0.25, -0.2) is 0 Å². The summed E-state index contributed by atoms with van der Waals surface area (Å²) in [6.45, 7) is 5.33. The van der Waals surface area contributed by atoms with Crippen LogP contribution in [-0.4, -0.2) is 60.8 Å². The highest BCUT2D eigenvalue weighted by Crippen LogP contribution is 2.23. The topological polar surface area (TPSA) is 35.9 Å². The van der Waals surface area contributed by atoms with Crippen molar-refractivity contribution in [3.63, 3.8) is 0 Å². The SMILES string of the molecule is COc1ccc(C(O)CN2CCN3CCCCC3C2)cc1. The van der Waals surface area contributed by atoms with Gasteiger partial charge in [-0.3, -0.25) is 9.80 Å². The number of methoxy groups -OCH3 is 1. The van der Waals surface area contributed by atoms with Crippen molar-refractivity contribution in [1.29, 1.82) is 0 Å². The van der Waals surface area contributed by atoms with Crippen LogP contribution < -0.4 is 4.74 Å². The first-order valence-electron chi connectivity index (χ1n) is 8.04. The summed E-state index contributed by atoms with van der Waals surface area (Å²) in [6.07, 6.45) is 3.61. The van der Waals surface area contributed by atoms with Crippen LogP contribution in [0.1, 0.15) is 30.9 Å². The third-order valence-corrected chi connectivity index (χ3v) is 4.85. The molecule has 2 heterocycles. The first-order valence-corrected chi connectivity index (χ1v) is 8.04. The van der Waals surface area contributed by atoms with Crippen LogP contribution in [-0.2, 0) is 0 Å². The van der Waals surface area contributed by atoms with Gasteiger partial charge in [0.1, 0.15) is 5.75 Å². The second-order valence-electron chi connectivity index (χ2n) is 6.23. The molecule has 1 aromatic carbocycles. The Balaban J connectivity index is 1.55. The molecule has 2 unspecified atom stereocenters. The van der Waals surface area contributed by atoms with Crippen molar-refractivity contribution in [3.8, 4) is 5.75 Å². The summed E-state index contributed by atoms with van der Waals surface area (Å²) >= 11 is 0. The molecular weight excluding hydrogens is 264 g/mol. The van der Waals surface area contributed by atoms with Gasteiger partial charge in [-0.05, 0) is 37.1 Å². The first-order chi connectivity index (χ1) is 10.3. The molecule has 3 rings (SSSR count). The molecular formula is C17H26N2O2. The smallest absolute Gasteiger partial charge is 0.118 e. The summed E-state index contributed by atoms with van der Waals surface area (Å²) in [5, 5.41) is 10.4. The molecule has 1 aromatic rings. The summed E-state index contributed by atoms with van der Waals surface area (Å²) in [5.41, 5.74) is 0.974. The molecule has 116 valence electrons. The predicted molar refractivity (Wildman–Crippen MR) is 83.6 cm³/mol. The van der Waals surface area contributed by atoms with E-state index in [4.69, 9.17) is 4.74 Å². The molecule has 1 N–H and O–H groups in total. The van der Waals surface area contributed by atoms with Gasteiger partial charge in [-0.15, -0.1) is 0 Å². The lowest BCUT2D eigenvalue weighted by molar-refractivity contribution is 0.0234. The highest BCUT2D eigenvalue weighted by Gasteiger charge is 2.29. The number of fused-ring (bicyclic) bond motifs is 1. The van der Waals surface area contributed by atoms with Gasteiger partial charge >= 0.3 is 0 Å². The number of hydrogen-bond acceptors (Lipinski definition) is 4. The van der Waals surface area contributed by atoms with Gasteiger partial charge in [0.05, 0.1) is 13.2 Å². The Morgan fingerprint density at radius 2 is 2.00 bits per heavy atom. The maximum absolute atomic E-state index is 10.4. The zero-order valence-electron chi connectivity index (χ0n) is 12.9. The number of nitrogens with zero attached hydrogens (tertiary/aromatic N) is 2. The van der Waals surface area contributed by atoms with Crippen LogP contribution in [0.15, 0.2) is 24.3 Å². The summed E-state index contributed by atoms with van der Waals surface area (Å²) in [4.78, 5) is 5.04. The second kappa shape index (κ2) is 6.77. The van der Waals surface area contributed by atoms with E-state index in [0.717, 1.165) is 37.5 Å². The Bertz CT molecular complexity index is 449. The lowest BCUT2D eigenvalue weighted by atomic mass is 9.99. The van der Waals surface area contributed by atoms with Crippen LogP contribution >= 0.6 is 0 Å². The van der Waals surface area contributed by atoms with Gasteiger partial charge in [-0.1, -0.05) is 18.6 Å². The molecule has 0 radical (unpaired) electrons. The molecule has 4 heteroatoms. The van der Waals surface area contributed by atoms with Crippen LogP contribution in [0.5, 0.6) is 5.75 Å². The molecule has 0 spiro atoms. The Morgan fingerprint density at radius 1 is 1.19 bits per heavy atom. The molecule has 2 saturated heterocycles. The molecule has 21 heavy (non-hydrogen) atoms. The van der Waals surface area contributed by atoms with E-state index in [1.165, 1.54) is 25.8 Å². The van der Waals surface area contributed by atoms with Crippen molar-refractivity contribution in [2.75, 3.05) is 39.8 Å². The van der Waals surface area contributed by atoms with Crippen LogP contribution in [0.4, 0.5) is 0 Å². The number of benzene rings is 1. The maximum atomic E-state index is 10.4. The Kier molecular flexibility index (Phi) is 4.78. The molecule has 2 fully saturated rings. The number of piperidine rings is 1. The number of rotatable bonds is 4. The minimum Gasteiger partial charge on any atom is -0.497 e. The number of hydrogen-bond donors (Lipinski definition) is 1. The van der Waals surface area contributed by atoms with Crippen LogP contribution in [0.2, 0.25) is 0 Å². The lowest BCUT2D eigenvalue weighted by Gasteiger charge is -2.44. The average molecular weight is 290 g/mol. The summed E-state index contributed by atoms with van der Waals surface area (Å²) in [6, 6.07) is 8.45. The zero-order valence-corrected chi connectivity index (χ0v) is 12.9. The zero-order chi connectivity index (χ0) is 14.7. The van der Waals surface area contributed by atoms with E-state index in [9.17, 15) is 5.11 Å². The van der Waals surface area contributed by atoms with Crippen molar-refractivity contribution >= 4 is 0 Å². The van der Waals surface area contributed by atoms with E-state index in [1.54, 1.807) is 7.11 Å². The summed E-state index contributed by atoms with van der Waals surface area (Å²) < 4.78 is 5.16. The maximum Gasteiger partial charge on any atom is 0.118 e. The highest BCUT2D eigenvalue weighted by molar-refractivity contribution is 5.28. The van der Waals surface area contributed by atoms with Gasteiger partial charge in [-0.2, -0.15) is 0 Å². The number of aliphatic hydroxyl groups is 1. The molecule has 0 aliphatic carbocycles. The molecule has 0 saturated carbocycles. The summed E-state index contributed by atoms with van der Waals surface area (Å²) in [5.74, 6) is 0.835. The van der Waals surface area contributed by atoms with E-state index >= 15 is 0 Å². The minimum absolute atomic E-state index is 0.411. The number of aliphatic hydroxyl groups excluding tert-OH is 1. The van der Waals surface area contributed by atoms with E-state index < -0.39 is 6.10 Å². The second-order valence-corrected chi connectivity index (χ2v) is 6.23. The predicted octanol–water partition coefficient (Wildman–Crippen LogP) is 1.90. The number of β-amino-alcohol motifs (C(OH)–C–C–N with tert-alkyl or cyclic N) is 1. The van der Waals surface area contributed by atoms with Gasteiger partial charge in [0, 0.05) is 32.2 Å². The van der Waals surface area contributed by atoms with Crippen molar-refractivity contribution in [2.24, 2.45) is 0 Å². The number of ether oxygens (including phenoxy) is 1. The van der Waals surface area contributed by atoms with E-state index in [-0.39, 0.29) is 0 Å². The first kappa shape index (κ1) is 14.8. The van der Waals surface area contributed by atoms with E-state index in [2.05, 4.69) is 9.80 Å². The fourth-order valence-corrected chi connectivity index (χ4v) is 3.56. The molecule has 4 nitrogen and oxygen atoms in total. The Labute approximate surface area is 127 Å². The van der Waals surface area contributed by atoms with Crippen LogP contribution in [0, 0.1) is 0 Å². The Hall–Kier alpha value is -1.10. The molecule has 0 bridgehead atoms. The van der Waals surface area contributed by atoms with Crippen LogP contribution in [0.3, 0.4) is 0 Å². The quantitative estimate of drug-likeness (QED) is 0.919. The largest absolute Gasteiger partial charge is 0.497 e.